The van der Waals surface area contributed by atoms with Gasteiger partial charge in [0.2, 0.25) is 0 Å². The average molecular weight is 688 g/mol. The van der Waals surface area contributed by atoms with E-state index in [1.807, 2.05) is 22.6 Å². The second-order valence-electron chi connectivity index (χ2n) is 10.5. The number of aromatic nitrogens is 1. The summed E-state index contributed by atoms with van der Waals surface area (Å²) in [5.74, 6) is -1.24. The van der Waals surface area contributed by atoms with Gasteiger partial charge in [-0.15, -0.1) is 0 Å². The second-order valence-corrected chi connectivity index (χ2v) is 11.7. The highest BCUT2D eigenvalue weighted by molar-refractivity contribution is 14.1. The number of fused-ring (bicyclic) bond motifs is 1. The first-order chi connectivity index (χ1) is 19.4. The number of nitrogens with zero attached hydrogens (tertiary/aromatic N) is 2. The molecular formula is C28H39FIN5O6. The lowest BCUT2D eigenvalue weighted by molar-refractivity contribution is -0.136. The summed E-state index contributed by atoms with van der Waals surface area (Å²) in [5, 5.41) is 25.6. The number of aliphatic hydroxyl groups excluding tert-OH is 1. The Morgan fingerprint density at radius 1 is 1.24 bits per heavy atom. The maximum absolute atomic E-state index is 13.4. The lowest BCUT2D eigenvalue weighted by atomic mass is 10.0. The number of hydrogen-bond donors (Lipinski definition) is 5. The minimum Gasteiger partial charge on any atom is -0.390 e. The number of carbonyl (C=O) groups is 3. The van der Waals surface area contributed by atoms with Gasteiger partial charge in [-0.1, -0.05) is 12.2 Å². The van der Waals surface area contributed by atoms with Gasteiger partial charge in [-0.2, -0.15) is 0 Å². The summed E-state index contributed by atoms with van der Waals surface area (Å²) in [7, 11) is 0. The lowest BCUT2D eigenvalue weighted by Crippen LogP contribution is -2.47. The molecule has 41 heavy (non-hydrogen) atoms. The van der Waals surface area contributed by atoms with Gasteiger partial charge in [0, 0.05) is 62.7 Å². The van der Waals surface area contributed by atoms with Crippen LogP contribution in [0, 0.1) is 6.92 Å². The molecule has 5 N–H and O–H groups in total. The largest absolute Gasteiger partial charge is 0.390 e. The van der Waals surface area contributed by atoms with E-state index in [2.05, 4.69) is 20.5 Å². The molecule has 1 fully saturated rings. The number of amides is 3. The van der Waals surface area contributed by atoms with Crippen LogP contribution in [0.2, 0.25) is 0 Å². The summed E-state index contributed by atoms with van der Waals surface area (Å²) < 4.78 is 18.7. The van der Waals surface area contributed by atoms with Crippen LogP contribution < -0.4 is 10.6 Å². The highest BCUT2D eigenvalue weighted by atomic mass is 127. The molecule has 3 amide bonds. The molecule has 226 valence electrons. The van der Waals surface area contributed by atoms with Crippen molar-refractivity contribution < 1.29 is 33.7 Å². The van der Waals surface area contributed by atoms with Crippen LogP contribution in [-0.4, -0.2) is 114 Å². The zero-order chi connectivity index (χ0) is 30.2. The molecule has 0 bridgehead atoms. The van der Waals surface area contributed by atoms with Crippen molar-refractivity contribution in [2.24, 2.45) is 0 Å². The van der Waals surface area contributed by atoms with E-state index in [1.54, 1.807) is 24.0 Å². The van der Waals surface area contributed by atoms with Crippen molar-refractivity contribution in [3.05, 3.63) is 50.0 Å². The second kappa shape index (κ2) is 15.0. The van der Waals surface area contributed by atoms with Crippen LogP contribution in [-0.2, 0) is 20.7 Å². The van der Waals surface area contributed by atoms with E-state index in [1.165, 1.54) is 26.0 Å². The number of alkyl halides is 1. The third kappa shape index (κ3) is 9.46. The molecular weight excluding hydrogens is 648 g/mol. The summed E-state index contributed by atoms with van der Waals surface area (Å²) in [4.78, 5) is 45.2. The summed E-state index contributed by atoms with van der Waals surface area (Å²) in [6.45, 7) is 7.77. The van der Waals surface area contributed by atoms with Crippen LogP contribution in [0.15, 0.2) is 27.5 Å². The minimum absolute atomic E-state index is 0.0863. The maximum atomic E-state index is 13.4. The van der Waals surface area contributed by atoms with Crippen LogP contribution in [0.25, 0.3) is 6.08 Å². The van der Waals surface area contributed by atoms with Gasteiger partial charge in [0.25, 0.3) is 17.7 Å². The van der Waals surface area contributed by atoms with Crippen molar-refractivity contribution in [1.82, 2.24) is 25.4 Å². The predicted octanol–water partition coefficient (Wildman–Crippen LogP) is 1.20. The number of allylic oxidation sites excluding steroid dienone is 1. The van der Waals surface area contributed by atoms with E-state index in [0.717, 1.165) is 18.8 Å². The van der Waals surface area contributed by atoms with Crippen molar-refractivity contribution in [2.45, 2.75) is 38.9 Å². The standard InChI is InChI=1S/C28H39FIN5O6/c1-18-22(15-19(5-4-8-29)25(37)33-23(30)6-9-31-27(39)28(2,3)40)32-21-7-10-35(26(38)24(18)21)17-20(36)16-34-11-13-41-14-12-34/h4-6,15,20,32,36,40H,7-14,16-17H2,1-3H3,(H,31,39)(H,33,37)/b5-4+,19-15-,23-6+/t20-/m0/s1. The first-order valence-corrected chi connectivity index (χ1v) is 14.6. The third-order valence-electron chi connectivity index (χ3n) is 6.78. The Labute approximate surface area is 253 Å². The van der Waals surface area contributed by atoms with Gasteiger partial charge >= 0.3 is 0 Å². The van der Waals surface area contributed by atoms with Gasteiger partial charge in [-0.25, -0.2) is 4.39 Å². The molecule has 3 rings (SSSR count). The SMILES string of the molecule is Cc1c(/C=C(/C=C/CF)C(=O)N/C(I)=C/CNC(=O)C(C)(C)O)[nH]c2c1C(=O)N(C[C@@H](O)CN1CCOCC1)CC2. The van der Waals surface area contributed by atoms with Crippen LogP contribution in [0.5, 0.6) is 0 Å². The number of halogens is 2. The Kier molecular flexibility index (Phi) is 12.1. The van der Waals surface area contributed by atoms with Crippen LogP contribution in [0.1, 0.15) is 41.2 Å². The molecule has 3 heterocycles. The van der Waals surface area contributed by atoms with Crippen molar-refractivity contribution in [3.8, 4) is 0 Å². The molecule has 1 saturated heterocycles. The maximum Gasteiger partial charge on any atom is 0.256 e. The van der Waals surface area contributed by atoms with Crippen molar-refractivity contribution >= 4 is 46.4 Å². The van der Waals surface area contributed by atoms with Gasteiger partial charge in [-0.05, 0) is 61.1 Å². The third-order valence-corrected chi connectivity index (χ3v) is 7.49. The highest BCUT2D eigenvalue weighted by Crippen LogP contribution is 2.27. The van der Waals surface area contributed by atoms with Gasteiger partial charge in [0.05, 0.1) is 28.6 Å². The van der Waals surface area contributed by atoms with E-state index in [4.69, 9.17) is 4.74 Å². The van der Waals surface area contributed by atoms with Gasteiger partial charge < -0.3 is 35.5 Å². The smallest absolute Gasteiger partial charge is 0.256 e. The number of ether oxygens (including phenoxy) is 1. The zero-order valence-electron chi connectivity index (χ0n) is 23.6. The number of hydrogen-bond acceptors (Lipinski definition) is 7. The fraction of sp³-hybridized carbons (Fsp3) is 0.536. The molecule has 13 heteroatoms. The fourth-order valence-electron chi connectivity index (χ4n) is 4.57. The Balaban J connectivity index is 1.71. The quantitative estimate of drug-likeness (QED) is 0.0961. The van der Waals surface area contributed by atoms with Gasteiger partial charge in [0.15, 0.2) is 0 Å². The first-order valence-electron chi connectivity index (χ1n) is 13.5. The molecule has 2 aliphatic rings. The average Bonchev–Trinajstić information content (AvgIpc) is 3.23. The minimum atomic E-state index is -1.52. The molecule has 1 aromatic heterocycles. The van der Waals surface area contributed by atoms with E-state index >= 15 is 0 Å². The normalized spacial score (nSPS) is 18.0. The Bertz CT molecular complexity index is 1200. The molecule has 0 aromatic carbocycles. The lowest BCUT2D eigenvalue weighted by Gasteiger charge is -2.32. The number of β-amino-alcohol motifs (C(OH)–C–C–N with tert-alkyl or cyclic N) is 1. The molecule has 0 radical (unpaired) electrons. The Morgan fingerprint density at radius 2 is 1.95 bits per heavy atom. The van der Waals surface area contributed by atoms with Crippen molar-refractivity contribution in [2.75, 3.05) is 59.2 Å². The van der Waals surface area contributed by atoms with Crippen molar-refractivity contribution in [3.63, 3.8) is 0 Å². The molecule has 0 aliphatic carbocycles. The van der Waals surface area contributed by atoms with E-state index in [-0.39, 0.29) is 24.6 Å². The molecule has 2 aliphatic heterocycles. The van der Waals surface area contributed by atoms with Gasteiger partial charge in [-0.3, -0.25) is 19.3 Å². The summed E-state index contributed by atoms with van der Waals surface area (Å²) in [6.07, 6.45) is 5.60. The van der Waals surface area contributed by atoms with E-state index in [9.17, 15) is 29.0 Å². The molecule has 11 nitrogen and oxygen atoms in total. The number of aliphatic hydroxyl groups is 2. The first kappa shape index (κ1) is 32.9. The summed E-state index contributed by atoms with van der Waals surface area (Å²) in [5.41, 5.74) is 1.14. The number of nitrogens with one attached hydrogen (secondary N) is 3. The van der Waals surface area contributed by atoms with Gasteiger partial charge in [0.1, 0.15) is 12.3 Å². The highest BCUT2D eigenvalue weighted by Gasteiger charge is 2.31. The van der Waals surface area contributed by atoms with Crippen LogP contribution >= 0.6 is 22.6 Å². The molecule has 1 aromatic rings. The molecule has 1 atom stereocenters. The topological polar surface area (TPSA) is 147 Å². The summed E-state index contributed by atoms with van der Waals surface area (Å²) >= 11 is 1.90. The number of H-pyrrole nitrogens is 1. The fourth-order valence-corrected chi connectivity index (χ4v) is 5.04. The number of carbonyl (C=O) groups excluding carboxylic acids is 3. The monoisotopic (exact) mass is 687 g/mol. The number of morpholine rings is 1. The Morgan fingerprint density at radius 3 is 2.61 bits per heavy atom. The Hall–Kier alpha value is -2.59. The van der Waals surface area contributed by atoms with E-state index in [0.29, 0.717) is 53.2 Å². The van der Waals surface area contributed by atoms with Crippen LogP contribution in [0.3, 0.4) is 0 Å². The number of aromatic amines is 1. The molecule has 0 saturated carbocycles. The van der Waals surface area contributed by atoms with E-state index < -0.39 is 30.2 Å². The molecule has 0 spiro atoms. The van der Waals surface area contributed by atoms with Crippen LogP contribution in [0.4, 0.5) is 4.39 Å². The predicted molar refractivity (Wildman–Crippen MR) is 161 cm³/mol. The van der Waals surface area contributed by atoms with Crippen molar-refractivity contribution in [1.29, 1.82) is 0 Å². The summed E-state index contributed by atoms with van der Waals surface area (Å²) in [6, 6.07) is 0. The molecule has 0 unspecified atom stereocenters. The zero-order valence-corrected chi connectivity index (χ0v) is 25.8. The number of rotatable bonds is 12.